The number of thioether (sulfide) groups is 1. The molecule has 0 aliphatic carbocycles. The fourth-order valence-electron chi connectivity index (χ4n) is 2.86. The Hall–Kier alpha value is -3.30. The van der Waals surface area contributed by atoms with Gasteiger partial charge in [-0.05, 0) is 42.5 Å². The Morgan fingerprint density at radius 1 is 1.09 bits per heavy atom. The summed E-state index contributed by atoms with van der Waals surface area (Å²) in [6, 6.07) is 13.8. The molecule has 0 saturated heterocycles. The van der Waals surface area contributed by atoms with E-state index in [2.05, 4.69) is 20.4 Å². The number of benzene rings is 2. The van der Waals surface area contributed by atoms with E-state index in [1.54, 1.807) is 42.7 Å². The fourth-order valence-corrected chi connectivity index (χ4v) is 3.72. The number of carbonyl (C=O) groups is 1. The fraction of sp³-hybridized carbons (Fsp3) is 0.0909. The molecule has 0 aliphatic heterocycles. The van der Waals surface area contributed by atoms with Crippen LogP contribution in [-0.2, 0) is 11.3 Å². The molecule has 0 spiro atoms. The van der Waals surface area contributed by atoms with Gasteiger partial charge in [-0.2, -0.15) is 5.10 Å². The van der Waals surface area contributed by atoms with E-state index < -0.39 is 5.82 Å². The third kappa shape index (κ3) is 5.49. The van der Waals surface area contributed by atoms with E-state index in [0.29, 0.717) is 27.3 Å². The van der Waals surface area contributed by atoms with E-state index in [0.717, 1.165) is 17.3 Å². The van der Waals surface area contributed by atoms with Crippen molar-refractivity contribution in [3.63, 3.8) is 0 Å². The predicted molar refractivity (Wildman–Crippen MR) is 120 cm³/mol. The Morgan fingerprint density at radius 2 is 1.91 bits per heavy atom. The zero-order valence-electron chi connectivity index (χ0n) is 16.5. The van der Waals surface area contributed by atoms with Crippen LogP contribution < -0.4 is 5.32 Å². The van der Waals surface area contributed by atoms with Crippen molar-refractivity contribution in [3.8, 4) is 11.3 Å². The lowest BCUT2D eigenvalue weighted by molar-refractivity contribution is -0.113. The number of nitrogens with one attached hydrogen (secondary N) is 1. The van der Waals surface area contributed by atoms with Crippen molar-refractivity contribution < 1.29 is 13.6 Å². The van der Waals surface area contributed by atoms with Crippen LogP contribution in [0.2, 0.25) is 5.02 Å². The van der Waals surface area contributed by atoms with Crippen LogP contribution in [0.4, 0.5) is 14.6 Å². The molecule has 0 aliphatic rings. The maximum absolute atomic E-state index is 13.9. The molecule has 0 saturated carbocycles. The largest absolute Gasteiger partial charge is 0.308 e. The van der Waals surface area contributed by atoms with Crippen LogP contribution in [0.1, 0.15) is 5.56 Å². The summed E-state index contributed by atoms with van der Waals surface area (Å²) in [4.78, 5) is 20.9. The Kier molecular flexibility index (Phi) is 6.77. The highest BCUT2D eigenvalue weighted by atomic mass is 35.5. The van der Waals surface area contributed by atoms with Gasteiger partial charge in [0.15, 0.2) is 11.0 Å². The highest BCUT2D eigenvalue weighted by Crippen LogP contribution is 2.22. The molecule has 0 atom stereocenters. The third-order valence-electron chi connectivity index (χ3n) is 4.40. The first-order valence-corrected chi connectivity index (χ1v) is 10.8. The first-order valence-electron chi connectivity index (χ1n) is 9.46. The second-order valence-corrected chi connectivity index (χ2v) is 8.02. The lowest BCUT2D eigenvalue weighted by Gasteiger charge is -2.06. The first kappa shape index (κ1) is 21.9. The number of rotatable bonds is 7. The molecule has 2 aromatic heterocycles. The number of anilines is 1. The van der Waals surface area contributed by atoms with Gasteiger partial charge in [0.1, 0.15) is 11.6 Å². The van der Waals surface area contributed by atoms with Crippen molar-refractivity contribution in [2.75, 3.05) is 11.1 Å². The van der Waals surface area contributed by atoms with E-state index in [9.17, 15) is 13.6 Å². The van der Waals surface area contributed by atoms with Crippen LogP contribution >= 0.6 is 23.4 Å². The molecule has 1 amide bonds. The van der Waals surface area contributed by atoms with Crippen LogP contribution in [-0.4, -0.2) is 31.4 Å². The van der Waals surface area contributed by atoms with Crippen LogP contribution in [0.15, 0.2) is 72.1 Å². The summed E-state index contributed by atoms with van der Waals surface area (Å²) in [6.45, 7) is 0.139. The molecule has 0 fully saturated rings. The first-order chi connectivity index (χ1) is 15.5. The second kappa shape index (κ2) is 9.88. The highest BCUT2D eigenvalue weighted by molar-refractivity contribution is 7.99. The normalized spacial score (nSPS) is 10.8. The molecule has 10 heteroatoms. The van der Waals surface area contributed by atoms with Crippen molar-refractivity contribution in [1.29, 1.82) is 0 Å². The van der Waals surface area contributed by atoms with Crippen molar-refractivity contribution >= 4 is 35.1 Å². The molecule has 6 nitrogen and oxygen atoms in total. The maximum Gasteiger partial charge on any atom is 0.236 e. The molecule has 0 unspecified atom stereocenters. The molecule has 162 valence electrons. The molecule has 4 aromatic rings. The van der Waals surface area contributed by atoms with Crippen LogP contribution in [0.3, 0.4) is 0 Å². The number of hydrogen-bond acceptors (Lipinski definition) is 5. The zero-order valence-corrected chi connectivity index (χ0v) is 18.1. The molecule has 1 N–H and O–H groups in total. The molecule has 2 heterocycles. The minimum absolute atomic E-state index is 0.0683. The summed E-state index contributed by atoms with van der Waals surface area (Å²) in [5.74, 6) is -0.630. The van der Waals surface area contributed by atoms with Gasteiger partial charge in [-0.1, -0.05) is 29.4 Å². The monoisotopic (exact) mass is 471 g/mol. The summed E-state index contributed by atoms with van der Waals surface area (Å²) in [5, 5.41) is 7.65. The summed E-state index contributed by atoms with van der Waals surface area (Å²) in [7, 11) is 0. The number of hydrogen-bond donors (Lipinski definition) is 1. The lowest BCUT2D eigenvalue weighted by Crippen LogP contribution is -2.15. The summed E-state index contributed by atoms with van der Waals surface area (Å²) in [5.41, 5.74) is 1.71. The summed E-state index contributed by atoms with van der Waals surface area (Å²) in [6.07, 6.45) is 3.21. The number of aromatic nitrogens is 4. The van der Waals surface area contributed by atoms with Gasteiger partial charge in [0, 0.05) is 34.6 Å². The molecular formula is C22H16ClF2N5OS. The van der Waals surface area contributed by atoms with Gasteiger partial charge in [0.05, 0.1) is 18.0 Å². The molecule has 2 aromatic carbocycles. The number of amides is 1. The SMILES string of the molecule is O=C(CSc1nccc(-c2ccc(F)cc2)n1)Nc1ccn(Cc2c(F)cccc2Cl)n1. The topological polar surface area (TPSA) is 72.7 Å². The van der Waals surface area contributed by atoms with Crippen molar-refractivity contribution in [2.45, 2.75) is 11.7 Å². The van der Waals surface area contributed by atoms with Gasteiger partial charge in [-0.15, -0.1) is 0 Å². The Bertz CT molecular complexity index is 1230. The quantitative estimate of drug-likeness (QED) is 0.301. The summed E-state index contributed by atoms with van der Waals surface area (Å²) >= 11 is 7.21. The average Bonchev–Trinajstić information content (AvgIpc) is 3.22. The van der Waals surface area contributed by atoms with E-state index in [-0.39, 0.29) is 24.0 Å². The van der Waals surface area contributed by atoms with E-state index in [1.165, 1.54) is 28.9 Å². The highest BCUT2D eigenvalue weighted by Gasteiger charge is 2.11. The van der Waals surface area contributed by atoms with Gasteiger partial charge in [0.2, 0.25) is 5.91 Å². The maximum atomic E-state index is 13.9. The minimum Gasteiger partial charge on any atom is -0.308 e. The number of carbonyl (C=O) groups excluding carboxylic acids is 1. The summed E-state index contributed by atoms with van der Waals surface area (Å²) < 4.78 is 28.5. The Morgan fingerprint density at radius 3 is 2.69 bits per heavy atom. The predicted octanol–water partition coefficient (Wildman–Crippen LogP) is 5.05. The number of nitrogens with zero attached hydrogens (tertiary/aromatic N) is 4. The molecular weight excluding hydrogens is 456 g/mol. The standard InChI is InChI=1S/C22H16ClF2N5OS/c23-17-2-1-3-18(25)16(17)12-30-11-9-20(29-30)28-21(31)13-32-22-26-10-8-19(27-22)14-4-6-15(24)7-5-14/h1-11H,12-13H2,(H,28,29,31). The molecule has 32 heavy (non-hydrogen) atoms. The molecule has 4 rings (SSSR count). The molecule has 0 radical (unpaired) electrons. The average molecular weight is 472 g/mol. The van der Waals surface area contributed by atoms with Crippen molar-refractivity contribution in [3.05, 3.63) is 89.2 Å². The van der Waals surface area contributed by atoms with Gasteiger partial charge in [-0.25, -0.2) is 18.7 Å². The van der Waals surface area contributed by atoms with Gasteiger partial charge >= 0.3 is 0 Å². The van der Waals surface area contributed by atoms with E-state index in [1.807, 2.05) is 0 Å². The minimum atomic E-state index is -0.419. The van der Waals surface area contributed by atoms with E-state index in [4.69, 9.17) is 11.6 Å². The van der Waals surface area contributed by atoms with Crippen LogP contribution in [0.5, 0.6) is 0 Å². The van der Waals surface area contributed by atoms with Crippen LogP contribution in [0, 0.1) is 11.6 Å². The zero-order chi connectivity index (χ0) is 22.5. The van der Waals surface area contributed by atoms with Gasteiger partial charge in [0.25, 0.3) is 0 Å². The second-order valence-electron chi connectivity index (χ2n) is 6.67. The third-order valence-corrected chi connectivity index (χ3v) is 5.61. The molecule has 0 bridgehead atoms. The van der Waals surface area contributed by atoms with Gasteiger partial charge in [-0.3, -0.25) is 9.48 Å². The van der Waals surface area contributed by atoms with Crippen molar-refractivity contribution in [2.24, 2.45) is 0 Å². The smallest absolute Gasteiger partial charge is 0.236 e. The lowest BCUT2D eigenvalue weighted by atomic mass is 10.1. The van der Waals surface area contributed by atoms with E-state index >= 15 is 0 Å². The Balaban J connectivity index is 1.34. The van der Waals surface area contributed by atoms with Crippen molar-refractivity contribution in [1.82, 2.24) is 19.7 Å². The number of halogens is 3. The Labute approximate surface area is 191 Å². The van der Waals surface area contributed by atoms with Crippen LogP contribution in [0.25, 0.3) is 11.3 Å². The van der Waals surface area contributed by atoms with Gasteiger partial charge < -0.3 is 5.32 Å².